The first-order valence-corrected chi connectivity index (χ1v) is 14.5. The molecule has 0 aliphatic rings. The van der Waals surface area contributed by atoms with Gasteiger partial charge in [-0.15, -0.1) is 24.3 Å². The van der Waals surface area contributed by atoms with Gasteiger partial charge in [0.2, 0.25) is 0 Å². The van der Waals surface area contributed by atoms with E-state index in [1.807, 2.05) is 12.1 Å². The van der Waals surface area contributed by atoms with Gasteiger partial charge in [-0.2, -0.15) is 30.3 Å². The van der Waals surface area contributed by atoms with Gasteiger partial charge in [0.05, 0.1) is 18.1 Å². The van der Waals surface area contributed by atoms with Crippen molar-refractivity contribution in [3.63, 3.8) is 0 Å². The Kier molecular flexibility index (Phi) is 6.07. The van der Waals surface area contributed by atoms with E-state index in [4.69, 9.17) is 4.98 Å². The summed E-state index contributed by atoms with van der Waals surface area (Å²) in [6.45, 7) is 2.15. The van der Waals surface area contributed by atoms with Gasteiger partial charge >= 0.3 is 21.1 Å². The van der Waals surface area contributed by atoms with Gasteiger partial charge in [-0.05, 0) is 30.3 Å². The van der Waals surface area contributed by atoms with E-state index >= 15 is 0 Å². The largest absolute Gasteiger partial charge is 2.00 e. The molecule has 0 unspecified atom stereocenters. The topological polar surface area (TPSA) is 31.6 Å². The second kappa shape index (κ2) is 10.0. The molecule has 6 heteroatoms. The minimum absolute atomic E-state index is 0. The van der Waals surface area contributed by atoms with E-state index in [0.29, 0.717) is 0 Å². The van der Waals surface area contributed by atoms with Crippen molar-refractivity contribution in [3.8, 4) is 17.1 Å². The van der Waals surface area contributed by atoms with Crippen molar-refractivity contribution in [2.24, 2.45) is 7.05 Å². The van der Waals surface area contributed by atoms with Crippen molar-refractivity contribution in [2.45, 2.75) is 6.92 Å². The first-order chi connectivity index (χ1) is 21.2. The van der Waals surface area contributed by atoms with Gasteiger partial charge in [0.1, 0.15) is 11.3 Å². The van der Waals surface area contributed by atoms with E-state index in [9.17, 15) is 0 Å². The third-order valence-corrected chi connectivity index (χ3v) is 8.75. The first kappa shape index (κ1) is 26.6. The van der Waals surface area contributed by atoms with Crippen molar-refractivity contribution < 1.29 is 25.6 Å². The van der Waals surface area contributed by atoms with Crippen LogP contribution in [0.1, 0.15) is 5.82 Å². The summed E-state index contributed by atoms with van der Waals surface area (Å²) in [5, 5.41) is 4.60. The maximum absolute atomic E-state index is 5.45. The molecule has 9 aromatic rings. The third-order valence-electron chi connectivity index (χ3n) is 8.75. The number of nitrogens with zero attached hydrogens (tertiary/aromatic N) is 5. The maximum atomic E-state index is 5.45. The molecule has 0 aliphatic heterocycles. The van der Waals surface area contributed by atoms with Gasteiger partial charge in [0.25, 0.3) is 5.82 Å². The Labute approximate surface area is 268 Å². The van der Waals surface area contributed by atoms with Gasteiger partial charge in [0.15, 0.2) is 11.0 Å². The number of para-hydroxylation sites is 5. The minimum atomic E-state index is 0. The summed E-state index contributed by atoms with van der Waals surface area (Å²) >= 11 is 0. The molecule has 44 heavy (non-hydrogen) atoms. The molecule has 9 rings (SSSR count). The van der Waals surface area contributed by atoms with Crippen LogP contribution < -0.4 is 4.57 Å². The van der Waals surface area contributed by atoms with Crippen molar-refractivity contribution in [2.75, 3.05) is 0 Å². The molecule has 212 valence electrons. The fraction of sp³-hybridized carbons (Fsp3) is 0.0526. The van der Waals surface area contributed by atoms with Crippen LogP contribution in [-0.4, -0.2) is 18.7 Å². The van der Waals surface area contributed by atoms with Crippen LogP contribution in [0, 0.1) is 19.1 Å². The van der Waals surface area contributed by atoms with Gasteiger partial charge in [-0.25, -0.2) is 14.1 Å². The molecular weight excluding hydrogens is 722 g/mol. The van der Waals surface area contributed by atoms with E-state index in [-0.39, 0.29) is 21.1 Å². The van der Waals surface area contributed by atoms with Crippen LogP contribution >= 0.6 is 0 Å². The molecule has 0 aliphatic carbocycles. The van der Waals surface area contributed by atoms with Gasteiger partial charge in [-0.3, -0.25) is 0 Å². The van der Waals surface area contributed by atoms with E-state index in [1.165, 1.54) is 16.3 Å². The van der Waals surface area contributed by atoms with Gasteiger partial charge < -0.3 is 9.13 Å². The fourth-order valence-corrected chi connectivity index (χ4v) is 6.71. The predicted octanol–water partition coefficient (Wildman–Crippen LogP) is 7.95. The zero-order valence-electron chi connectivity index (χ0n) is 24.1. The number of aryl methyl sites for hydroxylation is 1. The first-order valence-electron chi connectivity index (χ1n) is 14.5. The number of hydrogen-bond donors (Lipinski definition) is 0. The zero-order chi connectivity index (χ0) is 28.7. The second-order valence-electron chi connectivity index (χ2n) is 11.0. The van der Waals surface area contributed by atoms with Crippen LogP contribution in [-0.2, 0) is 28.1 Å². The number of rotatable bonds is 3. The van der Waals surface area contributed by atoms with E-state index in [1.54, 1.807) is 0 Å². The van der Waals surface area contributed by atoms with Crippen molar-refractivity contribution >= 4 is 54.9 Å². The molecule has 0 saturated carbocycles. The molecule has 0 saturated heterocycles. The minimum Gasteiger partial charge on any atom is -0.318 e. The van der Waals surface area contributed by atoms with Crippen molar-refractivity contribution in [1.29, 1.82) is 0 Å². The van der Waals surface area contributed by atoms with Gasteiger partial charge in [-0.1, -0.05) is 59.9 Å². The molecule has 4 heterocycles. The van der Waals surface area contributed by atoms with Crippen LogP contribution in [0.4, 0.5) is 0 Å². The van der Waals surface area contributed by atoms with Crippen LogP contribution in [0.25, 0.3) is 72.0 Å². The monoisotopic (exact) mass is 747 g/mol. The summed E-state index contributed by atoms with van der Waals surface area (Å²) in [5.74, 6) is 1.14. The molecule has 0 spiro atoms. The summed E-state index contributed by atoms with van der Waals surface area (Å²) in [7, 11) is 2.11. The second-order valence-corrected chi connectivity index (χ2v) is 11.0. The Bertz CT molecular complexity index is 2540. The number of imidazole rings is 1. The van der Waals surface area contributed by atoms with E-state index in [0.717, 1.165) is 61.5 Å². The molecule has 0 amide bonds. The average Bonchev–Trinajstić information content (AvgIpc) is 3.65. The number of hydrogen-bond acceptors (Lipinski definition) is 1. The predicted molar refractivity (Wildman–Crippen MR) is 173 cm³/mol. The van der Waals surface area contributed by atoms with Crippen LogP contribution in [0.5, 0.6) is 0 Å². The van der Waals surface area contributed by atoms with E-state index < -0.39 is 0 Å². The summed E-state index contributed by atoms with van der Waals surface area (Å²) < 4.78 is 8.99. The quantitative estimate of drug-likeness (QED) is 0.134. The molecular formula is C38H26N5Pt+. The number of benzene rings is 5. The average molecular weight is 748 g/mol. The Balaban J connectivity index is 0.00000289. The van der Waals surface area contributed by atoms with Crippen molar-refractivity contribution in [1.82, 2.24) is 18.7 Å². The molecule has 0 atom stereocenters. The zero-order valence-corrected chi connectivity index (χ0v) is 26.4. The van der Waals surface area contributed by atoms with Crippen LogP contribution in [0.3, 0.4) is 0 Å². The smallest absolute Gasteiger partial charge is 0.318 e. The maximum Gasteiger partial charge on any atom is 2.00 e. The van der Waals surface area contributed by atoms with Crippen LogP contribution in [0.2, 0.25) is 0 Å². The molecule has 0 radical (unpaired) electrons. The Morgan fingerprint density at radius 3 is 1.77 bits per heavy atom. The molecule has 4 aromatic heterocycles. The third kappa shape index (κ3) is 3.69. The molecule has 0 bridgehead atoms. The summed E-state index contributed by atoms with van der Waals surface area (Å²) in [6.07, 6.45) is 0. The summed E-state index contributed by atoms with van der Waals surface area (Å²) in [6, 6.07) is 49.6. The summed E-state index contributed by atoms with van der Waals surface area (Å²) in [5.41, 5.74) is 9.29. The molecule has 5 nitrogen and oxygen atoms in total. The van der Waals surface area contributed by atoms with Crippen molar-refractivity contribution in [3.05, 3.63) is 139 Å². The Hall–Kier alpha value is -4.99. The molecule has 0 N–H and O–H groups in total. The molecule has 0 fully saturated rings. The normalized spacial score (nSPS) is 11.7. The fourth-order valence-electron chi connectivity index (χ4n) is 6.71. The van der Waals surface area contributed by atoms with Crippen LogP contribution in [0.15, 0.2) is 121 Å². The summed E-state index contributed by atoms with van der Waals surface area (Å²) in [4.78, 5) is 5.45. The number of aromatic nitrogens is 5. The number of pyridine rings is 1. The van der Waals surface area contributed by atoms with Gasteiger partial charge in [0, 0.05) is 34.2 Å². The standard InChI is InChI=1S/C38H26N5.Pt/c1-25-40(2)35-21-10-11-22-36(35)41(25)27-15-12-16-28(23-27)43-34-20-9-7-18-30(34)32-24-31-29-17-6-8-19-33(29)42(37(31)39-38(32)43)26-13-4-3-5-14-26;/h3-13,15-22,24H,1-2H3;/q-1;+2. The Morgan fingerprint density at radius 2 is 1.11 bits per heavy atom. The van der Waals surface area contributed by atoms with E-state index in [2.05, 4.69) is 154 Å². The molecule has 5 aromatic carbocycles. The SMILES string of the molecule is Cc1n(-c2[c-]c(-n3c4ccccc4c4cc5c6ccccc6n(-c6[c-]cccc6)c5nc43)ccc2)c2ccccc2[n+]1C.[Pt+2]. The number of fused-ring (bicyclic) bond motifs is 7. The Morgan fingerprint density at radius 1 is 0.568 bits per heavy atom.